The summed E-state index contributed by atoms with van der Waals surface area (Å²) in [6.45, 7) is 4.25. The van der Waals surface area contributed by atoms with Crippen molar-refractivity contribution >= 4 is 21.4 Å². The second kappa shape index (κ2) is 7.03. The summed E-state index contributed by atoms with van der Waals surface area (Å²) in [5, 5.41) is 14.1. The molecule has 0 unspecified atom stereocenters. The predicted molar refractivity (Wildman–Crippen MR) is 85.3 cm³/mol. The fraction of sp³-hybridized carbons (Fsp3) is 0.538. The van der Waals surface area contributed by atoms with Gasteiger partial charge in [-0.2, -0.15) is 0 Å². The molecule has 0 spiro atoms. The number of nitro benzene ring substituents is 1. The number of hydrogen-bond donors (Lipinski definition) is 3. The van der Waals surface area contributed by atoms with Gasteiger partial charge in [-0.05, 0) is 32.0 Å². The summed E-state index contributed by atoms with van der Waals surface area (Å²) in [6, 6.07) is 3.73. The van der Waals surface area contributed by atoms with E-state index in [0.717, 1.165) is 18.9 Å². The van der Waals surface area contributed by atoms with E-state index in [1.54, 1.807) is 0 Å². The van der Waals surface area contributed by atoms with Crippen LogP contribution in [0.1, 0.15) is 26.7 Å². The minimum Gasteiger partial charge on any atom is -0.378 e. The molecule has 1 aromatic carbocycles. The van der Waals surface area contributed by atoms with Crippen LogP contribution in [-0.2, 0) is 10.0 Å². The van der Waals surface area contributed by atoms with E-state index in [4.69, 9.17) is 5.73 Å². The maximum Gasteiger partial charge on any atom is 0.293 e. The molecule has 0 heterocycles. The molecule has 0 aromatic heterocycles. The van der Waals surface area contributed by atoms with Gasteiger partial charge in [0.25, 0.3) is 5.69 Å². The quantitative estimate of drug-likeness (QED) is 0.489. The molecule has 0 aliphatic heterocycles. The Balaban J connectivity index is 3.14. The highest BCUT2D eigenvalue weighted by atomic mass is 32.2. The van der Waals surface area contributed by atoms with Gasteiger partial charge in [-0.15, -0.1) is 0 Å². The van der Waals surface area contributed by atoms with Crippen LogP contribution in [0, 0.1) is 10.1 Å². The molecule has 22 heavy (non-hydrogen) atoms. The maximum atomic E-state index is 11.7. The third-order valence-corrected chi connectivity index (χ3v) is 5.20. The van der Waals surface area contributed by atoms with Crippen molar-refractivity contribution < 1.29 is 13.3 Å². The summed E-state index contributed by atoms with van der Waals surface area (Å²) in [5.74, 6) is 0. The van der Waals surface area contributed by atoms with Crippen LogP contribution >= 0.6 is 0 Å². The molecule has 4 N–H and O–H groups in total. The van der Waals surface area contributed by atoms with Crippen LogP contribution in [0.3, 0.4) is 0 Å². The van der Waals surface area contributed by atoms with E-state index < -0.39 is 20.5 Å². The van der Waals surface area contributed by atoms with Crippen LogP contribution in [0.15, 0.2) is 23.1 Å². The van der Waals surface area contributed by atoms with E-state index >= 15 is 0 Å². The summed E-state index contributed by atoms with van der Waals surface area (Å²) in [6.07, 6.45) is 1.44. The van der Waals surface area contributed by atoms with E-state index in [0.29, 0.717) is 6.54 Å². The number of hydrogen-bond acceptors (Lipinski definition) is 6. The number of nitrogens with one attached hydrogen (secondary N) is 2. The van der Waals surface area contributed by atoms with Gasteiger partial charge in [0.1, 0.15) is 5.69 Å². The highest BCUT2D eigenvalue weighted by Crippen LogP contribution is 2.28. The molecule has 0 fully saturated rings. The van der Waals surface area contributed by atoms with Crippen LogP contribution in [0.5, 0.6) is 0 Å². The Morgan fingerprint density at radius 3 is 2.36 bits per heavy atom. The van der Waals surface area contributed by atoms with Crippen LogP contribution in [0.2, 0.25) is 0 Å². The van der Waals surface area contributed by atoms with Crippen molar-refractivity contribution in [1.29, 1.82) is 0 Å². The van der Waals surface area contributed by atoms with E-state index in [2.05, 4.69) is 10.0 Å². The summed E-state index contributed by atoms with van der Waals surface area (Å²) in [5.41, 5.74) is 5.63. The van der Waals surface area contributed by atoms with Gasteiger partial charge >= 0.3 is 0 Å². The van der Waals surface area contributed by atoms with Crippen molar-refractivity contribution in [3.63, 3.8) is 0 Å². The lowest BCUT2D eigenvalue weighted by molar-refractivity contribution is -0.384. The summed E-state index contributed by atoms with van der Waals surface area (Å²) >= 11 is 0. The van der Waals surface area contributed by atoms with E-state index in [-0.39, 0.29) is 16.3 Å². The minimum absolute atomic E-state index is 0.155. The average molecular weight is 330 g/mol. The topological polar surface area (TPSA) is 127 Å². The lowest BCUT2D eigenvalue weighted by Gasteiger charge is -2.27. The molecule has 124 valence electrons. The van der Waals surface area contributed by atoms with Gasteiger partial charge in [0.05, 0.1) is 9.82 Å². The highest BCUT2D eigenvalue weighted by molar-refractivity contribution is 7.89. The average Bonchev–Trinajstić information content (AvgIpc) is 2.52. The number of nitrogens with two attached hydrogens (primary N) is 1. The van der Waals surface area contributed by atoms with Gasteiger partial charge < -0.3 is 11.1 Å². The van der Waals surface area contributed by atoms with E-state index in [1.807, 2.05) is 13.8 Å². The van der Waals surface area contributed by atoms with E-state index in [9.17, 15) is 18.5 Å². The van der Waals surface area contributed by atoms with Crippen LogP contribution < -0.4 is 15.8 Å². The fourth-order valence-electron chi connectivity index (χ4n) is 1.87. The van der Waals surface area contributed by atoms with Gasteiger partial charge in [0, 0.05) is 18.2 Å². The summed E-state index contributed by atoms with van der Waals surface area (Å²) in [7, 11) is -2.48. The SMILES string of the molecule is CCC(N)(CC)CNc1ccc(S(=O)(=O)NC)cc1[N+](=O)[O-]. The highest BCUT2D eigenvalue weighted by Gasteiger charge is 2.24. The second-order valence-corrected chi connectivity index (χ2v) is 6.95. The first kappa shape index (κ1) is 18.3. The number of anilines is 1. The lowest BCUT2D eigenvalue weighted by Crippen LogP contribution is -2.45. The Kier molecular flexibility index (Phi) is 5.86. The van der Waals surface area contributed by atoms with Crippen LogP contribution in [0.4, 0.5) is 11.4 Å². The first-order chi connectivity index (χ1) is 10.2. The summed E-state index contributed by atoms with van der Waals surface area (Å²) in [4.78, 5) is 10.4. The van der Waals surface area contributed by atoms with Crippen LogP contribution in [0.25, 0.3) is 0 Å². The molecule has 0 atom stereocenters. The Morgan fingerprint density at radius 2 is 1.91 bits per heavy atom. The van der Waals surface area contributed by atoms with Crippen molar-refractivity contribution in [3.05, 3.63) is 28.3 Å². The molecular weight excluding hydrogens is 308 g/mol. The molecule has 0 radical (unpaired) electrons. The lowest BCUT2D eigenvalue weighted by atomic mass is 9.94. The smallest absolute Gasteiger partial charge is 0.293 e. The zero-order valence-electron chi connectivity index (χ0n) is 12.9. The van der Waals surface area contributed by atoms with Gasteiger partial charge in [0.2, 0.25) is 10.0 Å². The zero-order chi connectivity index (χ0) is 17.0. The Hall–Kier alpha value is -1.71. The number of nitrogens with zero attached hydrogens (tertiary/aromatic N) is 1. The standard InChI is InChI=1S/C13H22N4O4S/c1-4-13(14,5-2)9-16-11-7-6-10(22(20,21)15-3)8-12(11)17(18)19/h6-8,15-16H,4-5,9,14H2,1-3H3. The Bertz CT molecular complexity index is 641. The van der Waals surface area contributed by atoms with Gasteiger partial charge in [-0.3, -0.25) is 10.1 Å². The van der Waals surface area contributed by atoms with Gasteiger partial charge in [0.15, 0.2) is 0 Å². The maximum absolute atomic E-state index is 11.7. The van der Waals surface area contributed by atoms with Crippen molar-refractivity contribution in [2.45, 2.75) is 37.1 Å². The molecule has 8 nitrogen and oxygen atoms in total. The largest absolute Gasteiger partial charge is 0.378 e. The molecule has 0 amide bonds. The molecule has 0 aliphatic rings. The molecule has 9 heteroatoms. The first-order valence-electron chi connectivity index (χ1n) is 6.94. The number of nitro groups is 1. The zero-order valence-corrected chi connectivity index (χ0v) is 13.7. The van der Waals surface area contributed by atoms with Crippen molar-refractivity contribution in [2.24, 2.45) is 5.73 Å². The van der Waals surface area contributed by atoms with Gasteiger partial charge in [-0.1, -0.05) is 13.8 Å². The summed E-state index contributed by atoms with van der Waals surface area (Å²) < 4.78 is 25.6. The molecule has 1 rings (SSSR count). The third kappa shape index (κ3) is 4.15. The van der Waals surface area contributed by atoms with Gasteiger partial charge in [-0.25, -0.2) is 13.1 Å². The third-order valence-electron chi connectivity index (χ3n) is 3.78. The molecule has 0 saturated heterocycles. The normalized spacial score (nSPS) is 12.2. The van der Waals surface area contributed by atoms with Crippen molar-refractivity contribution in [2.75, 3.05) is 18.9 Å². The van der Waals surface area contributed by atoms with Crippen molar-refractivity contribution in [1.82, 2.24) is 4.72 Å². The molecule has 0 saturated carbocycles. The number of rotatable bonds is 8. The monoisotopic (exact) mass is 330 g/mol. The fourth-order valence-corrected chi connectivity index (χ4v) is 2.62. The molecule has 0 aliphatic carbocycles. The number of sulfonamides is 1. The number of benzene rings is 1. The Labute approximate surface area is 130 Å². The van der Waals surface area contributed by atoms with E-state index in [1.165, 1.54) is 19.2 Å². The Morgan fingerprint density at radius 1 is 1.32 bits per heavy atom. The van der Waals surface area contributed by atoms with Crippen LogP contribution in [-0.4, -0.2) is 32.5 Å². The predicted octanol–water partition coefficient (Wildman–Crippen LogP) is 1.43. The molecule has 1 aromatic rings. The first-order valence-corrected chi connectivity index (χ1v) is 8.42. The molecule has 0 bridgehead atoms. The molecular formula is C13H22N4O4S. The minimum atomic E-state index is -3.73. The van der Waals surface area contributed by atoms with Crippen molar-refractivity contribution in [3.8, 4) is 0 Å². The second-order valence-electron chi connectivity index (χ2n) is 5.07.